The molecule has 4 heteroatoms. The molecule has 0 amide bonds. The molecule has 0 radical (unpaired) electrons. The van der Waals surface area contributed by atoms with Crippen molar-refractivity contribution in [3.8, 4) is 5.75 Å². The topological polar surface area (TPSA) is 43.7 Å². The Morgan fingerprint density at radius 1 is 1.33 bits per heavy atom. The van der Waals surface area contributed by atoms with Crippen LogP contribution in [0.25, 0.3) is 0 Å². The van der Waals surface area contributed by atoms with Crippen molar-refractivity contribution in [3.05, 3.63) is 29.6 Å². The summed E-state index contributed by atoms with van der Waals surface area (Å²) in [4.78, 5) is 2.06. The fourth-order valence-electron chi connectivity index (χ4n) is 4.50. The van der Waals surface area contributed by atoms with Crippen LogP contribution in [0.15, 0.2) is 18.2 Å². The van der Waals surface area contributed by atoms with Gasteiger partial charge in [0.15, 0.2) is 11.6 Å². The van der Waals surface area contributed by atoms with Gasteiger partial charge in [-0.05, 0) is 51.3 Å². The van der Waals surface area contributed by atoms with Gasteiger partial charge >= 0.3 is 0 Å². The van der Waals surface area contributed by atoms with E-state index in [1.165, 1.54) is 6.07 Å². The molecular weight excluding hydrogens is 269 g/mol. The number of aromatic hydroxyl groups is 1. The van der Waals surface area contributed by atoms with Gasteiger partial charge in [-0.2, -0.15) is 0 Å². The Morgan fingerprint density at radius 3 is 2.81 bits per heavy atom. The van der Waals surface area contributed by atoms with Crippen LogP contribution < -0.4 is 0 Å². The lowest BCUT2D eigenvalue weighted by Gasteiger charge is -2.45. The predicted octanol–water partition coefficient (Wildman–Crippen LogP) is 2.72. The molecule has 2 N–H and O–H groups in total. The monoisotopic (exact) mass is 293 g/mol. The lowest BCUT2D eigenvalue weighted by atomic mass is 9.65. The molecule has 2 aliphatic rings. The second kappa shape index (κ2) is 5.25. The molecule has 3 nitrogen and oxygen atoms in total. The highest BCUT2D eigenvalue weighted by Gasteiger charge is 2.52. The van der Waals surface area contributed by atoms with Crippen molar-refractivity contribution in [2.75, 3.05) is 20.6 Å². The van der Waals surface area contributed by atoms with Crippen molar-refractivity contribution in [1.29, 1.82) is 0 Å². The Kier molecular flexibility index (Phi) is 3.70. The van der Waals surface area contributed by atoms with E-state index < -0.39 is 11.4 Å². The first kappa shape index (κ1) is 14.8. The van der Waals surface area contributed by atoms with Gasteiger partial charge in [0, 0.05) is 18.0 Å². The molecule has 3 rings (SSSR count). The van der Waals surface area contributed by atoms with E-state index in [1.54, 1.807) is 12.1 Å². The predicted molar refractivity (Wildman–Crippen MR) is 79.5 cm³/mol. The third kappa shape index (κ3) is 2.44. The minimum absolute atomic E-state index is 0.0162. The van der Waals surface area contributed by atoms with Crippen LogP contribution in [0.3, 0.4) is 0 Å². The van der Waals surface area contributed by atoms with Crippen LogP contribution in [0.2, 0.25) is 0 Å². The van der Waals surface area contributed by atoms with E-state index in [1.807, 2.05) is 14.1 Å². The summed E-state index contributed by atoms with van der Waals surface area (Å²) in [5.74, 6) is -0.104. The minimum atomic E-state index is -1.17. The molecule has 0 aromatic heterocycles. The van der Waals surface area contributed by atoms with Crippen LogP contribution in [0.4, 0.5) is 4.39 Å². The number of hydrogen-bond donors (Lipinski definition) is 2. The summed E-state index contributed by atoms with van der Waals surface area (Å²) in [6.45, 7) is 0.739. The summed E-state index contributed by atoms with van der Waals surface area (Å²) in [5, 5.41) is 21.0. The quantitative estimate of drug-likeness (QED) is 0.900. The number of aliphatic hydroxyl groups is 1. The van der Waals surface area contributed by atoms with Gasteiger partial charge in [0.1, 0.15) is 0 Å². The Morgan fingerprint density at radius 2 is 2.10 bits per heavy atom. The molecule has 1 aromatic carbocycles. The zero-order valence-electron chi connectivity index (χ0n) is 12.7. The number of halogens is 1. The first-order chi connectivity index (χ1) is 9.91. The first-order valence-electron chi connectivity index (χ1n) is 7.77. The molecule has 2 aliphatic carbocycles. The van der Waals surface area contributed by atoms with Gasteiger partial charge in [-0.25, -0.2) is 4.39 Å². The van der Waals surface area contributed by atoms with E-state index >= 15 is 0 Å². The number of phenols is 1. The van der Waals surface area contributed by atoms with Crippen molar-refractivity contribution in [3.63, 3.8) is 0 Å². The van der Waals surface area contributed by atoms with E-state index in [0.717, 1.165) is 25.8 Å². The van der Waals surface area contributed by atoms with Crippen molar-refractivity contribution >= 4 is 0 Å². The highest BCUT2D eigenvalue weighted by Crippen LogP contribution is 2.54. The lowest BCUT2D eigenvalue weighted by molar-refractivity contribution is -0.0914. The third-order valence-corrected chi connectivity index (χ3v) is 5.37. The van der Waals surface area contributed by atoms with Gasteiger partial charge in [-0.3, -0.25) is 0 Å². The van der Waals surface area contributed by atoms with E-state index in [-0.39, 0.29) is 17.2 Å². The largest absolute Gasteiger partial charge is 0.505 e. The highest BCUT2D eigenvalue weighted by molar-refractivity contribution is 5.35. The maximum Gasteiger partial charge on any atom is 0.170 e. The molecule has 2 fully saturated rings. The summed E-state index contributed by atoms with van der Waals surface area (Å²) < 4.78 is 14.4. The molecule has 1 aromatic rings. The molecule has 4 unspecified atom stereocenters. The molecule has 0 saturated heterocycles. The van der Waals surface area contributed by atoms with E-state index in [2.05, 4.69) is 4.90 Å². The molecule has 21 heavy (non-hydrogen) atoms. The number of fused-ring (bicyclic) bond motifs is 2. The molecular formula is C17H24FNO2. The van der Waals surface area contributed by atoms with Gasteiger partial charge in [-0.15, -0.1) is 0 Å². The van der Waals surface area contributed by atoms with Crippen molar-refractivity contribution < 1.29 is 14.6 Å². The molecule has 116 valence electrons. The van der Waals surface area contributed by atoms with Crippen LogP contribution in [0.1, 0.15) is 31.2 Å². The maximum absolute atomic E-state index is 14.4. The zero-order chi connectivity index (χ0) is 15.2. The summed E-state index contributed by atoms with van der Waals surface area (Å²) >= 11 is 0. The van der Waals surface area contributed by atoms with Crippen LogP contribution in [0, 0.1) is 23.6 Å². The average molecular weight is 293 g/mol. The normalized spacial score (nSPS) is 35.4. The van der Waals surface area contributed by atoms with Gasteiger partial charge < -0.3 is 15.1 Å². The van der Waals surface area contributed by atoms with Gasteiger partial charge in [0.05, 0.1) is 5.60 Å². The first-order valence-corrected chi connectivity index (χ1v) is 7.77. The number of hydrogen-bond acceptors (Lipinski definition) is 3. The van der Waals surface area contributed by atoms with E-state index in [9.17, 15) is 14.6 Å². The third-order valence-electron chi connectivity index (χ3n) is 5.37. The van der Waals surface area contributed by atoms with Crippen LogP contribution in [-0.2, 0) is 5.60 Å². The van der Waals surface area contributed by atoms with E-state index in [4.69, 9.17) is 0 Å². The zero-order valence-corrected chi connectivity index (χ0v) is 12.7. The molecule has 2 bridgehead atoms. The summed E-state index contributed by atoms with van der Waals surface area (Å²) in [6.07, 6.45) is 3.98. The Hall–Kier alpha value is -1.13. The summed E-state index contributed by atoms with van der Waals surface area (Å²) in [7, 11) is 3.97. The molecule has 0 heterocycles. The second-order valence-electron chi connectivity index (χ2n) is 7.07. The maximum atomic E-state index is 14.4. The SMILES string of the molecule is CN(C)CC1C2CCC(C2)CC1(O)c1cccc(O)c1F. The standard InChI is InChI=1S/C17H24FNO2/c1-19(2)10-14-12-7-6-11(8-12)9-17(14,21)13-4-3-5-15(20)16(13)18/h3-5,11-12,14,20-21H,6-10H2,1-2H3. The number of benzene rings is 1. The Labute approximate surface area is 125 Å². The molecule has 4 atom stereocenters. The fourth-order valence-corrected chi connectivity index (χ4v) is 4.50. The number of rotatable bonds is 3. The summed E-state index contributed by atoms with van der Waals surface area (Å²) in [5.41, 5.74) is -0.900. The van der Waals surface area contributed by atoms with Crippen LogP contribution in [-0.4, -0.2) is 35.8 Å². The van der Waals surface area contributed by atoms with Crippen molar-refractivity contribution in [2.45, 2.75) is 31.3 Å². The highest BCUT2D eigenvalue weighted by atomic mass is 19.1. The van der Waals surface area contributed by atoms with E-state index in [0.29, 0.717) is 18.3 Å². The van der Waals surface area contributed by atoms with Gasteiger partial charge in [0.25, 0.3) is 0 Å². The van der Waals surface area contributed by atoms with Gasteiger partial charge in [-0.1, -0.05) is 18.6 Å². The fraction of sp³-hybridized carbons (Fsp3) is 0.647. The molecule has 0 spiro atoms. The van der Waals surface area contributed by atoms with Crippen molar-refractivity contribution in [2.24, 2.45) is 17.8 Å². The number of phenolic OH excluding ortho intramolecular Hbond substituents is 1. The summed E-state index contributed by atoms with van der Waals surface area (Å²) in [6, 6.07) is 4.58. The molecule has 2 saturated carbocycles. The Bertz CT molecular complexity index is 534. The lowest BCUT2D eigenvalue weighted by Crippen LogP contribution is -2.47. The average Bonchev–Trinajstić information content (AvgIpc) is 2.81. The van der Waals surface area contributed by atoms with Crippen LogP contribution >= 0.6 is 0 Å². The minimum Gasteiger partial charge on any atom is -0.505 e. The smallest absolute Gasteiger partial charge is 0.170 e. The van der Waals surface area contributed by atoms with Gasteiger partial charge in [0.2, 0.25) is 0 Å². The molecule has 0 aliphatic heterocycles. The Balaban J connectivity index is 2.04. The second-order valence-corrected chi connectivity index (χ2v) is 7.07. The number of nitrogens with zero attached hydrogens (tertiary/aromatic N) is 1. The van der Waals surface area contributed by atoms with Crippen molar-refractivity contribution in [1.82, 2.24) is 4.90 Å². The van der Waals surface area contributed by atoms with Crippen LogP contribution in [0.5, 0.6) is 5.75 Å².